The predicted octanol–water partition coefficient (Wildman–Crippen LogP) is 1.43. The maximum Gasteiger partial charge on any atom is 0.240 e. The third kappa shape index (κ3) is 6.51. The molecule has 160 valence electrons. The summed E-state index contributed by atoms with van der Waals surface area (Å²) >= 11 is 0. The van der Waals surface area contributed by atoms with Gasteiger partial charge in [0.05, 0.1) is 19.1 Å². The van der Waals surface area contributed by atoms with E-state index >= 15 is 0 Å². The zero-order chi connectivity index (χ0) is 19.9. The lowest BCUT2D eigenvalue weighted by Gasteiger charge is -2.31. The summed E-state index contributed by atoms with van der Waals surface area (Å²) in [4.78, 5) is 12.2. The molecule has 0 bridgehead atoms. The number of methoxy groups -OCH3 is 2. The maximum absolute atomic E-state index is 12.4. The van der Waals surface area contributed by atoms with Crippen molar-refractivity contribution in [2.75, 3.05) is 27.3 Å². The second-order valence-corrected chi connectivity index (χ2v) is 8.39. The standard InChI is InChI=1S/C18H29N3O5S.ClH/c1-25-16-8-7-14(11-17(16)26-2)27(23,24)20-10-9-18(22)21-15-6-4-3-5-13(15)12-19;/h7-8,11,13,15,20H,3-6,9-10,12,19H2,1-2H3,(H,21,22);1H. The van der Waals surface area contributed by atoms with E-state index in [2.05, 4.69) is 10.0 Å². The molecule has 0 spiro atoms. The van der Waals surface area contributed by atoms with Gasteiger partial charge in [0.2, 0.25) is 15.9 Å². The number of carbonyl (C=O) groups excluding carboxylic acids is 1. The molecule has 2 atom stereocenters. The molecule has 1 aromatic carbocycles. The van der Waals surface area contributed by atoms with Crippen LogP contribution in [0.2, 0.25) is 0 Å². The monoisotopic (exact) mass is 435 g/mol. The number of carbonyl (C=O) groups is 1. The minimum absolute atomic E-state index is 0. The van der Waals surface area contributed by atoms with Crippen molar-refractivity contribution in [3.05, 3.63) is 18.2 Å². The number of sulfonamides is 1. The minimum Gasteiger partial charge on any atom is -0.493 e. The van der Waals surface area contributed by atoms with Gasteiger partial charge in [-0.25, -0.2) is 13.1 Å². The molecule has 2 rings (SSSR count). The van der Waals surface area contributed by atoms with Gasteiger partial charge < -0.3 is 20.5 Å². The van der Waals surface area contributed by atoms with Crippen LogP contribution in [0.3, 0.4) is 0 Å². The molecule has 1 aromatic rings. The summed E-state index contributed by atoms with van der Waals surface area (Å²) in [6.45, 7) is 0.569. The molecule has 0 heterocycles. The molecular formula is C18H30ClN3O5S. The summed E-state index contributed by atoms with van der Waals surface area (Å²) in [6, 6.07) is 4.42. The Hall–Kier alpha value is -1.55. The molecular weight excluding hydrogens is 406 g/mol. The molecule has 4 N–H and O–H groups in total. The summed E-state index contributed by atoms with van der Waals surface area (Å²) in [7, 11) is -0.835. The van der Waals surface area contributed by atoms with Crippen molar-refractivity contribution in [2.24, 2.45) is 11.7 Å². The van der Waals surface area contributed by atoms with E-state index in [0.29, 0.717) is 24.0 Å². The average molecular weight is 436 g/mol. The van der Waals surface area contributed by atoms with Crippen molar-refractivity contribution in [3.8, 4) is 11.5 Å². The largest absolute Gasteiger partial charge is 0.493 e. The fourth-order valence-electron chi connectivity index (χ4n) is 3.32. The van der Waals surface area contributed by atoms with E-state index in [4.69, 9.17) is 15.2 Å². The molecule has 0 radical (unpaired) electrons. The molecule has 1 aliphatic carbocycles. The van der Waals surface area contributed by atoms with Crippen LogP contribution in [0.25, 0.3) is 0 Å². The number of hydrogen-bond acceptors (Lipinski definition) is 6. The fraction of sp³-hybridized carbons (Fsp3) is 0.611. The van der Waals surface area contributed by atoms with Gasteiger partial charge >= 0.3 is 0 Å². The highest BCUT2D eigenvalue weighted by atomic mass is 35.5. The van der Waals surface area contributed by atoms with Crippen LogP contribution in [0.5, 0.6) is 11.5 Å². The molecule has 1 fully saturated rings. The first-order chi connectivity index (χ1) is 12.9. The molecule has 0 aliphatic heterocycles. The molecule has 1 aliphatic rings. The van der Waals surface area contributed by atoms with E-state index in [1.54, 1.807) is 0 Å². The Bertz CT molecular complexity index is 745. The number of amides is 1. The Labute approximate surface area is 173 Å². The Morgan fingerprint density at radius 3 is 2.50 bits per heavy atom. The van der Waals surface area contributed by atoms with Gasteiger partial charge in [-0.1, -0.05) is 12.8 Å². The van der Waals surface area contributed by atoms with Gasteiger partial charge in [0.15, 0.2) is 11.5 Å². The number of benzene rings is 1. The third-order valence-corrected chi connectivity index (χ3v) is 6.33. The van der Waals surface area contributed by atoms with Crippen LogP contribution < -0.4 is 25.2 Å². The summed E-state index contributed by atoms with van der Waals surface area (Å²) < 4.78 is 37.5. The van der Waals surface area contributed by atoms with Crippen molar-refractivity contribution in [1.29, 1.82) is 0 Å². The lowest BCUT2D eigenvalue weighted by atomic mass is 9.84. The SMILES string of the molecule is COc1ccc(S(=O)(=O)NCCC(=O)NC2CCCCC2CN)cc1OC.Cl. The molecule has 2 unspecified atom stereocenters. The lowest BCUT2D eigenvalue weighted by molar-refractivity contribution is -0.122. The molecule has 1 amide bonds. The normalized spacial score (nSPS) is 19.4. The summed E-state index contributed by atoms with van der Waals surface area (Å²) in [5, 5.41) is 2.99. The van der Waals surface area contributed by atoms with Crippen molar-refractivity contribution in [3.63, 3.8) is 0 Å². The lowest BCUT2D eigenvalue weighted by Crippen LogP contribution is -2.45. The Morgan fingerprint density at radius 1 is 1.18 bits per heavy atom. The first-order valence-corrected chi connectivity index (χ1v) is 10.6. The van der Waals surface area contributed by atoms with Gasteiger partial charge in [-0.15, -0.1) is 12.4 Å². The molecule has 1 saturated carbocycles. The van der Waals surface area contributed by atoms with E-state index in [9.17, 15) is 13.2 Å². The van der Waals surface area contributed by atoms with Crippen LogP contribution in [0.1, 0.15) is 32.1 Å². The summed E-state index contributed by atoms with van der Waals surface area (Å²) in [5.74, 6) is 0.891. The Morgan fingerprint density at radius 2 is 1.86 bits per heavy atom. The zero-order valence-corrected chi connectivity index (χ0v) is 17.9. The Kier molecular flexibility index (Phi) is 10.0. The molecule has 0 aromatic heterocycles. The molecule has 28 heavy (non-hydrogen) atoms. The number of nitrogens with one attached hydrogen (secondary N) is 2. The third-order valence-electron chi connectivity index (χ3n) is 4.87. The van der Waals surface area contributed by atoms with Crippen LogP contribution in [0.15, 0.2) is 23.1 Å². The van der Waals surface area contributed by atoms with Crippen molar-refractivity contribution in [1.82, 2.24) is 10.0 Å². The molecule has 10 heteroatoms. The van der Waals surface area contributed by atoms with Crippen LogP contribution in [0.4, 0.5) is 0 Å². The second-order valence-electron chi connectivity index (χ2n) is 6.62. The highest BCUT2D eigenvalue weighted by Gasteiger charge is 2.25. The van der Waals surface area contributed by atoms with Gasteiger partial charge in [0.1, 0.15) is 0 Å². The quantitative estimate of drug-likeness (QED) is 0.539. The van der Waals surface area contributed by atoms with Crippen LogP contribution in [-0.2, 0) is 14.8 Å². The van der Waals surface area contributed by atoms with Gasteiger partial charge in [0, 0.05) is 25.1 Å². The average Bonchev–Trinajstić information content (AvgIpc) is 2.67. The number of rotatable bonds is 9. The van der Waals surface area contributed by atoms with Crippen LogP contribution >= 0.6 is 12.4 Å². The smallest absolute Gasteiger partial charge is 0.240 e. The van der Waals surface area contributed by atoms with Gasteiger partial charge in [-0.2, -0.15) is 0 Å². The van der Waals surface area contributed by atoms with E-state index in [1.165, 1.54) is 32.4 Å². The van der Waals surface area contributed by atoms with E-state index < -0.39 is 10.0 Å². The van der Waals surface area contributed by atoms with Crippen molar-refractivity contribution >= 4 is 28.3 Å². The minimum atomic E-state index is -3.75. The van der Waals surface area contributed by atoms with E-state index in [-0.39, 0.29) is 42.2 Å². The predicted molar refractivity (Wildman–Crippen MR) is 110 cm³/mol. The topological polar surface area (TPSA) is 120 Å². The first kappa shape index (κ1) is 24.5. The number of ether oxygens (including phenoxy) is 2. The van der Waals surface area contributed by atoms with Gasteiger partial charge in [0.25, 0.3) is 0 Å². The number of hydrogen-bond donors (Lipinski definition) is 3. The maximum atomic E-state index is 12.4. The highest BCUT2D eigenvalue weighted by molar-refractivity contribution is 7.89. The second kappa shape index (κ2) is 11.5. The van der Waals surface area contributed by atoms with E-state index in [0.717, 1.165) is 25.7 Å². The Balaban J connectivity index is 0.00000392. The van der Waals surface area contributed by atoms with Crippen LogP contribution in [-0.4, -0.2) is 47.7 Å². The summed E-state index contributed by atoms with van der Waals surface area (Å²) in [5.41, 5.74) is 5.77. The number of halogens is 1. The fourth-order valence-corrected chi connectivity index (χ4v) is 4.37. The van der Waals surface area contributed by atoms with Crippen molar-refractivity contribution < 1.29 is 22.7 Å². The van der Waals surface area contributed by atoms with Gasteiger partial charge in [-0.05, 0) is 37.4 Å². The zero-order valence-electron chi connectivity index (χ0n) is 16.3. The first-order valence-electron chi connectivity index (χ1n) is 9.12. The van der Waals surface area contributed by atoms with Gasteiger partial charge in [-0.3, -0.25) is 4.79 Å². The number of nitrogens with two attached hydrogens (primary N) is 1. The summed E-state index contributed by atoms with van der Waals surface area (Å²) in [6.07, 6.45) is 4.23. The highest BCUT2D eigenvalue weighted by Crippen LogP contribution is 2.29. The molecule has 8 nitrogen and oxygen atoms in total. The molecule has 0 saturated heterocycles. The van der Waals surface area contributed by atoms with Crippen LogP contribution in [0, 0.1) is 5.92 Å². The van der Waals surface area contributed by atoms with Crippen molar-refractivity contribution in [2.45, 2.75) is 43.0 Å². The van der Waals surface area contributed by atoms with E-state index in [1.807, 2.05) is 0 Å².